The van der Waals surface area contributed by atoms with Crippen molar-refractivity contribution in [3.8, 4) is 0 Å². The highest BCUT2D eigenvalue weighted by atomic mass is 32.2. The Morgan fingerprint density at radius 3 is 3.07 bits per heavy atom. The van der Waals surface area contributed by atoms with Crippen LogP contribution in [-0.2, 0) is 0 Å². The van der Waals surface area contributed by atoms with Crippen LogP contribution in [0.2, 0.25) is 0 Å². The summed E-state index contributed by atoms with van der Waals surface area (Å²) < 4.78 is 0. The van der Waals surface area contributed by atoms with Gasteiger partial charge in [-0.15, -0.1) is 11.8 Å². The van der Waals surface area contributed by atoms with E-state index in [2.05, 4.69) is 54.0 Å². The predicted octanol–water partition coefficient (Wildman–Crippen LogP) is 3.94. The Morgan fingerprint density at radius 2 is 2.07 bits per heavy atom. The van der Waals surface area contributed by atoms with Crippen LogP contribution >= 0.6 is 11.8 Å². The average Bonchev–Trinajstić information content (AvgIpc) is 2.61. The predicted molar refractivity (Wildman–Crippen MR) is 63.0 cm³/mol. The summed E-state index contributed by atoms with van der Waals surface area (Å²) in [6, 6.07) is 8.62. The highest BCUT2D eigenvalue weighted by molar-refractivity contribution is 8.06. The minimum atomic E-state index is 0.492. The third kappa shape index (κ3) is 1.17. The van der Waals surface area contributed by atoms with Crippen molar-refractivity contribution in [2.24, 2.45) is 0 Å². The Labute approximate surface area is 88.0 Å². The summed E-state index contributed by atoms with van der Waals surface area (Å²) in [6.45, 7) is 0. The van der Waals surface area contributed by atoms with E-state index in [1.54, 1.807) is 0 Å². The van der Waals surface area contributed by atoms with Crippen molar-refractivity contribution in [1.29, 1.82) is 0 Å². The molecule has 1 atom stereocenters. The van der Waals surface area contributed by atoms with Crippen LogP contribution in [-0.4, -0.2) is 0 Å². The van der Waals surface area contributed by atoms with Gasteiger partial charge < -0.3 is 0 Å². The van der Waals surface area contributed by atoms with E-state index in [4.69, 9.17) is 0 Å². The molecule has 0 N–H and O–H groups in total. The molecule has 0 saturated heterocycles. The van der Waals surface area contributed by atoms with Crippen molar-refractivity contribution in [1.82, 2.24) is 0 Å². The largest absolute Gasteiger partial charge is 0.102 e. The molecule has 1 unspecified atom stereocenters. The number of rotatable bonds is 0. The van der Waals surface area contributed by atoms with Crippen molar-refractivity contribution in [3.63, 3.8) is 0 Å². The van der Waals surface area contributed by atoms with Gasteiger partial charge in [-0.25, -0.2) is 0 Å². The first kappa shape index (κ1) is 8.13. The van der Waals surface area contributed by atoms with E-state index in [1.807, 2.05) is 11.8 Å². The molecular formula is C13H10S. The molecule has 1 aliphatic carbocycles. The van der Waals surface area contributed by atoms with E-state index in [0.29, 0.717) is 5.92 Å². The summed E-state index contributed by atoms with van der Waals surface area (Å²) >= 11 is 1.83. The molecule has 68 valence electrons. The minimum Gasteiger partial charge on any atom is -0.102 e. The van der Waals surface area contributed by atoms with Gasteiger partial charge in [0.25, 0.3) is 0 Å². The molecule has 0 spiro atoms. The minimum absolute atomic E-state index is 0.492. The molecule has 0 saturated carbocycles. The Morgan fingerprint density at radius 1 is 1.14 bits per heavy atom. The third-order valence-electron chi connectivity index (χ3n) is 2.65. The number of fused-ring (bicyclic) bond motifs is 3. The molecule has 0 aromatic heterocycles. The average molecular weight is 198 g/mol. The first-order chi connectivity index (χ1) is 6.95. The lowest BCUT2D eigenvalue weighted by atomic mass is 9.95. The molecule has 1 aromatic rings. The van der Waals surface area contributed by atoms with Crippen LogP contribution in [0.4, 0.5) is 0 Å². The molecule has 0 bridgehead atoms. The summed E-state index contributed by atoms with van der Waals surface area (Å²) in [6.07, 6.45) is 8.83. The fourth-order valence-corrected chi connectivity index (χ4v) is 2.86. The van der Waals surface area contributed by atoms with E-state index in [-0.39, 0.29) is 0 Å². The maximum absolute atomic E-state index is 2.28. The highest BCUT2D eigenvalue weighted by Crippen LogP contribution is 2.43. The SMILES string of the molecule is C1=Cc2ccccc2C2C=CSC2=C1. The Hall–Kier alpha value is -1.21. The second-order valence-electron chi connectivity index (χ2n) is 3.48. The summed E-state index contributed by atoms with van der Waals surface area (Å²) in [4.78, 5) is 1.44. The van der Waals surface area contributed by atoms with Crippen molar-refractivity contribution < 1.29 is 0 Å². The van der Waals surface area contributed by atoms with Gasteiger partial charge in [-0.3, -0.25) is 0 Å². The van der Waals surface area contributed by atoms with E-state index in [1.165, 1.54) is 16.0 Å². The van der Waals surface area contributed by atoms with Crippen LogP contribution < -0.4 is 0 Å². The van der Waals surface area contributed by atoms with Gasteiger partial charge in [0.2, 0.25) is 0 Å². The highest BCUT2D eigenvalue weighted by Gasteiger charge is 2.20. The van der Waals surface area contributed by atoms with Crippen molar-refractivity contribution in [2.75, 3.05) is 0 Å². The van der Waals surface area contributed by atoms with Gasteiger partial charge in [-0.05, 0) is 16.5 Å². The fourth-order valence-electron chi connectivity index (χ4n) is 1.96. The molecule has 1 heterocycles. The smallest absolute Gasteiger partial charge is 0.0346 e. The number of hydrogen-bond acceptors (Lipinski definition) is 1. The van der Waals surface area contributed by atoms with Gasteiger partial charge in [0.1, 0.15) is 0 Å². The Kier molecular flexibility index (Phi) is 1.84. The van der Waals surface area contributed by atoms with Crippen LogP contribution in [0.15, 0.2) is 52.8 Å². The quantitative estimate of drug-likeness (QED) is 0.608. The van der Waals surface area contributed by atoms with Crippen LogP contribution in [0.3, 0.4) is 0 Å². The molecule has 0 amide bonds. The number of allylic oxidation sites excluding steroid dienone is 4. The first-order valence-corrected chi connectivity index (χ1v) is 5.63. The molecule has 1 aliphatic heterocycles. The fraction of sp³-hybridized carbons (Fsp3) is 0.0769. The van der Waals surface area contributed by atoms with Crippen LogP contribution in [0.25, 0.3) is 6.08 Å². The van der Waals surface area contributed by atoms with E-state index in [9.17, 15) is 0 Å². The van der Waals surface area contributed by atoms with Crippen LogP contribution in [0, 0.1) is 0 Å². The van der Waals surface area contributed by atoms with Gasteiger partial charge >= 0.3 is 0 Å². The zero-order valence-electron chi connectivity index (χ0n) is 7.68. The summed E-state index contributed by atoms with van der Waals surface area (Å²) in [5, 5.41) is 2.19. The van der Waals surface area contributed by atoms with Gasteiger partial charge in [0, 0.05) is 10.8 Å². The molecule has 1 heteroatoms. The molecule has 0 nitrogen and oxygen atoms in total. The van der Waals surface area contributed by atoms with Gasteiger partial charge in [-0.1, -0.05) is 48.6 Å². The summed E-state index contributed by atoms with van der Waals surface area (Å²) in [7, 11) is 0. The Balaban J connectivity index is 2.21. The first-order valence-electron chi connectivity index (χ1n) is 4.76. The maximum atomic E-state index is 2.28. The van der Waals surface area contributed by atoms with Crippen LogP contribution in [0.1, 0.15) is 17.0 Å². The zero-order chi connectivity index (χ0) is 9.38. The van der Waals surface area contributed by atoms with Gasteiger partial charge in [0.15, 0.2) is 0 Å². The summed E-state index contributed by atoms with van der Waals surface area (Å²) in [5.74, 6) is 0.492. The molecule has 3 rings (SSSR count). The molecule has 0 fully saturated rings. The van der Waals surface area contributed by atoms with Crippen LogP contribution in [0.5, 0.6) is 0 Å². The molecule has 14 heavy (non-hydrogen) atoms. The second-order valence-corrected chi connectivity index (χ2v) is 4.46. The van der Waals surface area contributed by atoms with Crippen molar-refractivity contribution in [3.05, 3.63) is 63.9 Å². The second kappa shape index (κ2) is 3.18. The maximum Gasteiger partial charge on any atom is 0.0346 e. The normalized spacial score (nSPS) is 22.6. The lowest BCUT2D eigenvalue weighted by Crippen LogP contribution is -1.94. The van der Waals surface area contributed by atoms with Gasteiger partial charge in [0.05, 0.1) is 0 Å². The van der Waals surface area contributed by atoms with Crippen molar-refractivity contribution in [2.45, 2.75) is 5.92 Å². The zero-order valence-corrected chi connectivity index (χ0v) is 8.50. The molecule has 1 aromatic carbocycles. The lowest BCUT2D eigenvalue weighted by molar-refractivity contribution is 1.08. The number of thioether (sulfide) groups is 1. The number of benzene rings is 1. The monoisotopic (exact) mass is 198 g/mol. The molecule has 0 radical (unpaired) electrons. The van der Waals surface area contributed by atoms with E-state index in [0.717, 1.165) is 0 Å². The van der Waals surface area contributed by atoms with Crippen molar-refractivity contribution >= 4 is 17.8 Å². The van der Waals surface area contributed by atoms with E-state index >= 15 is 0 Å². The molecule has 2 aliphatic rings. The standard InChI is InChI=1S/C13H10S/c1-2-6-11-10(4-1)5-3-7-13-12(11)8-9-14-13/h1-9,12H. The topological polar surface area (TPSA) is 0 Å². The Bertz CT molecular complexity index is 452. The van der Waals surface area contributed by atoms with Gasteiger partial charge in [-0.2, -0.15) is 0 Å². The van der Waals surface area contributed by atoms with E-state index < -0.39 is 0 Å². The number of hydrogen-bond donors (Lipinski definition) is 0. The molecular weight excluding hydrogens is 188 g/mol. The lowest BCUT2D eigenvalue weighted by Gasteiger charge is -2.11. The third-order valence-corrected chi connectivity index (χ3v) is 3.60. The summed E-state index contributed by atoms with van der Waals surface area (Å²) in [5.41, 5.74) is 2.77.